The van der Waals surface area contributed by atoms with E-state index in [0.29, 0.717) is 29.5 Å². The number of fused-ring (bicyclic) bond motifs is 1. The average molecular weight is 249 g/mol. The summed E-state index contributed by atoms with van der Waals surface area (Å²) in [7, 11) is 0. The van der Waals surface area contributed by atoms with E-state index >= 15 is 0 Å². The van der Waals surface area contributed by atoms with Crippen molar-refractivity contribution >= 4 is 11.5 Å². The molecule has 1 aromatic carbocycles. The molecule has 0 saturated heterocycles. The molecule has 2 aliphatic carbocycles. The fourth-order valence-corrected chi connectivity index (χ4v) is 2.35. The summed E-state index contributed by atoms with van der Waals surface area (Å²) in [6, 6.07) is 2.50. The van der Waals surface area contributed by atoms with Crippen LogP contribution in [0.2, 0.25) is 0 Å². The number of halogens is 2. The minimum Gasteiger partial charge on any atom is -0.350 e. The number of aryl methyl sites for hydroxylation is 1. The van der Waals surface area contributed by atoms with Gasteiger partial charge in [-0.25, -0.2) is 8.78 Å². The highest BCUT2D eigenvalue weighted by molar-refractivity contribution is 5.96. The topological polar surface area (TPSA) is 29.1 Å². The van der Waals surface area contributed by atoms with Crippen LogP contribution < -0.4 is 5.32 Å². The van der Waals surface area contributed by atoms with Crippen molar-refractivity contribution in [1.29, 1.82) is 0 Å². The number of hydrogen-bond acceptors (Lipinski definition) is 1. The standard InChI is InChI=1S/C14H13F2NO/c15-10-5-8-1-2-9(14(8)12(16)7-10)6-13(18)17-11-3-4-11/h5-7,11H,1-4H2,(H,17,18). The molecule has 1 amide bonds. The number of allylic oxidation sites excluding steroid dienone is 1. The number of rotatable bonds is 2. The van der Waals surface area contributed by atoms with Gasteiger partial charge in [0, 0.05) is 23.7 Å². The van der Waals surface area contributed by atoms with E-state index in [2.05, 4.69) is 5.32 Å². The number of carbonyl (C=O) groups excluding carboxylic acids is 1. The summed E-state index contributed by atoms with van der Waals surface area (Å²) in [5.74, 6) is -1.31. The Morgan fingerprint density at radius 1 is 1.28 bits per heavy atom. The first kappa shape index (κ1) is 11.4. The van der Waals surface area contributed by atoms with E-state index in [1.165, 1.54) is 12.1 Å². The van der Waals surface area contributed by atoms with Crippen LogP contribution in [0.15, 0.2) is 18.2 Å². The first-order valence-electron chi connectivity index (χ1n) is 6.13. The van der Waals surface area contributed by atoms with Crippen LogP contribution in [0.1, 0.15) is 30.4 Å². The molecule has 0 aliphatic heterocycles. The quantitative estimate of drug-likeness (QED) is 0.802. The Balaban J connectivity index is 1.89. The Morgan fingerprint density at radius 3 is 2.78 bits per heavy atom. The van der Waals surface area contributed by atoms with E-state index in [4.69, 9.17) is 0 Å². The molecule has 18 heavy (non-hydrogen) atoms. The van der Waals surface area contributed by atoms with Crippen LogP contribution >= 0.6 is 0 Å². The second-order valence-electron chi connectivity index (χ2n) is 4.87. The Labute approximate surface area is 104 Å². The smallest absolute Gasteiger partial charge is 0.244 e. The number of nitrogens with one attached hydrogen (secondary N) is 1. The van der Waals surface area contributed by atoms with E-state index < -0.39 is 11.6 Å². The summed E-state index contributed by atoms with van der Waals surface area (Å²) in [5.41, 5.74) is 1.72. The highest BCUT2D eigenvalue weighted by atomic mass is 19.1. The molecule has 94 valence electrons. The summed E-state index contributed by atoms with van der Waals surface area (Å²) in [6.45, 7) is 0. The highest BCUT2D eigenvalue weighted by Crippen LogP contribution is 2.34. The minimum absolute atomic E-state index is 0.177. The van der Waals surface area contributed by atoms with Gasteiger partial charge in [0.05, 0.1) is 0 Å². The molecule has 2 nitrogen and oxygen atoms in total. The maximum absolute atomic E-state index is 13.7. The van der Waals surface area contributed by atoms with E-state index in [-0.39, 0.29) is 11.9 Å². The van der Waals surface area contributed by atoms with Gasteiger partial charge in [0.15, 0.2) is 0 Å². The molecule has 1 aromatic rings. The number of amides is 1. The number of benzene rings is 1. The fourth-order valence-electron chi connectivity index (χ4n) is 2.35. The van der Waals surface area contributed by atoms with Crippen molar-refractivity contribution in [2.45, 2.75) is 31.7 Å². The average Bonchev–Trinajstić information content (AvgIpc) is 2.99. The van der Waals surface area contributed by atoms with Gasteiger partial charge in [-0.05, 0) is 42.9 Å². The molecule has 1 saturated carbocycles. The van der Waals surface area contributed by atoms with Crippen LogP contribution in [0.4, 0.5) is 8.78 Å². The van der Waals surface area contributed by atoms with Crippen LogP contribution in [0.5, 0.6) is 0 Å². The second kappa shape index (κ2) is 4.19. The molecule has 0 aromatic heterocycles. The third-order valence-electron chi connectivity index (χ3n) is 3.35. The van der Waals surface area contributed by atoms with Gasteiger partial charge in [0.1, 0.15) is 11.6 Å². The summed E-state index contributed by atoms with van der Waals surface area (Å²) in [6.07, 6.45) is 4.67. The van der Waals surface area contributed by atoms with E-state index in [0.717, 1.165) is 18.9 Å². The van der Waals surface area contributed by atoms with Gasteiger partial charge in [-0.15, -0.1) is 0 Å². The SMILES string of the molecule is O=C(C=C1CCc2cc(F)cc(F)c21)NC1CC1. The van der Waals surface area contributed by atoms with Crippen LogP contribution in [-0.2, 0) is 11.2 Å². The predicted octanol–water partition coefficient (Wildman–Crippen LogP) is 2.57. The van der Waals surface area contributed by atoms with Gasteiger partial charge >= 0.3 is 0 Å². The summed E-state index contributed by atoms with van der Waals surface area (Å²) < 4.78 is 26.8. The Hall–Kier alpha value is -1.71. The van der Waals surface area contributed by atoms with E-state index in [1.54, 1.807) is 0 Å². The number of carbonyl (C=O) groups is 1. The molecule has 3 rings (SSSR count). The van der Waals surface area contributed by atoms with Crippen LogP contribution in [-0.4, -0.2) is 11.9 Å². The third-order valence-corrected chi connectivity index (χ3v) is 3.35. The molecule has 0 heterocycles. The monoisotopic (exact) mass is 249 g/mol. The molecule has 0 spiro atoms. The van der Waals surface area contributed by atoms with Gasteiger partial charge in [-0.3, -0.25) is 4.79 Å². The Kier molecular flexibility index (Phi) is 2.65. The molecular weight excluding hydrogens is 236 g/mol. The molecule has 4 heteroatoms. The lowest BCUT2D eigenvalue weighted by atomic mass is 10.1. The summed E-state index contributed by atoms with van der Waals surface area (Å²) in [5, 5.41) is 2.83. The minimum atomic E-state index is -0.576. The van der Waals surface area contributed by atoms with Gasteiger partial charge in [-0.2, -0.15) is 0 Å². The molecule has 0 bridgehead atoms. The van der Waals surface area contributed by atoms with Crippen molar-refractivity contribution in [1.82, 2.24) is 5.32 Å². The van der Waals surface area contributed by atoms with Crippen molar-refractivity contribution in [3.8, 4) is 0 Å². The summed E-state index contributed by atoms with van der Waals surface area (Å²) >= 11 is 0. The lowest BCUT2D eigenvalue weighted by Crippen LogP contribution is -2.23. The first-order valence-corrected chi connectivity index (χ1v) is 6.13. The van der Waals surface area contributed by atoms with Crippen molar-refractivity contribution < 1.29 is 13.6 Å². The first-order chi connectivity index (χ1) is 8.63. The van der Waals surface area contributed by atoms with Crippen molar-refractivity contribution in [3.05, 3.63) is 41.0 Å². The zero-order valence-corrected chi connectivity index (χ0v) is 9.80. The van der Waals surface area contributed by atoms with Crippen LogP contribution in [0, 0.1) is 11.6 Å². The predicted molar refractivity (Wildman–Crippen MR) is 63.8 cm³/mol. The van der Waals surface area contributed by atoms with Crippen LogP contribution in [0.25, 0.3) is 5.57 Å². The normalized spacial score (nSPS) is 20.0. The van der Waals surface area contributed by atoms with Gasteiger partial charge < -0.3 is 5.32 Å². The van der Waals surface area contributed by atoms with Crippen molar-refractivity contribution in [2.24, 2.45) is 0 Å². The Morgan fingerprint density at radius 2 is 2.06 bits per heavy atom. The van der Waals surface area contributed by atoms with Crippen molar-refractivity contribution in [2.75, 3.05) is 0 Å². The van der Waals surface area contributed by atoms with Gasteiger partial charge in [0.2, 0.25) is 5.91 Å². The zero-order chi connectivity index (χ0) is 12.7. The molecule has 1 fully saturated rings. The summed E-state index contributed by atoms with van der Waals surface area (Å²) in [4.78, 5) is 11.7. The lowest BCUT2D eigenvalue weighted by Gasteiger charge is -2.04. The maximum Gasteiger partial charge on any atom is 0.244 e. The van der Waals surface area contributed by atoms with Crippen molar-refractivity contribution in [3.63, 3.8) is 0 Å². The van der Waals surface area contributed by atoms with Gasteiger partial charge in [-0.1, -0.05) is 0 Å². The van der Waals surface area contributed by atoms with E-state index in [9.17, 15) is 13.6 Å². The fraction of sp³-hybridized carbons (Fsp3) is 0.357. The Bertz CT molecular complexity index is 547. The second-order valence-corrected chi connectivity index (χ2v) is 4.87. The molecule has 2 aliphatic rings. The zero-order valence-electron chi connectivity index (χ0n) is 9.80. The highest BCUT2D eigenvalue weighted by Gasteiger charge is 2.25. The van der Waals surface area contributed by atoms with Gasteiger partial charge in [0.25, 0.3) is 0 Å². The largest absolute Gasteiger partial charge is 0.350 e. The third kappa shape index (κ3) is 2.15. The molecule has 0 radical (unpaired) electrons. The van der Waals surface area contributed by atoms with Crippen LogP contribution in [0.3, 0.4) is 0 Å². The molecule has 1 N–H and O–H groups in total. The maximum atomic E-state index is 13.7. The number of hydrogen-bond donors (Lipinski definition) is 1. The molecule has 0 unspecified atom stereocenters. The lowest BCUT2D eigenvalue weighted by molar-refractivity contribution is -0.116. The van der Waals surface area contributed by atoms with E-state index in [1.807, 2.05) is 0 Å². The molecular formula is C14H13F2NO. The molecule has 0 atom stereocenters.